The van der Waals surface area contributed by atoms with Gasteiger partial charge in [-0.3, -0.25) is 0 Å². The van der Waals surface area contributed by atoms with Gasteiger partial charge in [0.15, 0.2) is 0 Å². The van der Waals surface area contributed by atoms with Gasteiger partial charge in [-0.25, -0.2) is 0 Å². The lowest BCUT2D eigenvalue weighted by Gasteiger charge is -1.96. The summed E-state index contributed by atoms with van der Waals surface area (Å²) in [6.07, 6.45) is 4.53. The summed E-state index contributed by atoms with van der Waals surface area (Å²) < 4.78 is 5.48. The van der Waals surface area contributed by atoms with Gasteiger partial charge in [0.2, 0.25) is 0 Å². The first-order valence-corrected chi connectivity index (χ1v) is 4.98. The van der Waals surface area contributed by atoms with Crippen molar-refractivity contribution in [3.8, 4) is 0 Å². The van der Waals surface area contributed by atoms with Crippen molar-refractivity contribution < 1.29 is 9.52 Å². The summed E-state index contributed by atoms with van der Waals surface area (Å²) >= 11 is 0. The molecular weight excluding hydrogens is 176 g/mol. The van der Waals surface area contributed by atoms with E-state index >= 15 is 0 Å². The lowest BCUT2D eigenvalue weighted by atomic mass is 10.1. The molecule has 14 heavy (non-hydrogen) atoms. The molecule has 2 heteroatoms. The Hall–Kier alpha value is -1.28. The van der Waals surface area contributed by atoms with Crippen LogP contribution in [-0.2, 0) is 6.42 Å². The van der Waals surface area contributed by atoms with Gasteiger partial charge >= 0.3 is 0 Å². The second kappa shape index (κ2) is 4.29. The minimum Gasteiger partial charge on any atom is -0.468 e. The molecule has 0 aliphatic heterocycles. The van der Waals surface area contributed by atoms with Gasteiger partial charge in [0.1, 0.15) is 5.76 Å². The number of aliphatic hydroxyl groups is 1. The Labute approximate surface area is 83.2 Å². The van der Waals surface area contributed by atoms with Crippen LogP contribution in [0.1, 0.15) is 18.6 Å². The quantitative estimate of drug-likeness (QED) is 0.752. The van der Waals surface area contributed by atoms with E-state index < -0.39 is 0 Å². The molecule has 0 aliphatic rings. The Kier molecular flexibility index (Phi) is 2.84. The van der Waals surface area contributed by atoms with Gasteiger partial charge in [-0.05, 0) is 12.8 Å². The van der Waals surface area contributed by atoms with Gasteiger partial charge in [0, 0.05) is 23.8 Å². The van der Waals surface area contributed by atoms with E-state index in [1.165, 1.54) is 5.39 Å². The van der Waals surface area contributed by atoms with Crippen LogP contribution in [0.15, 0.2) is 34.9 Å². The van der Waals surface area contributed by atoms with Crippen LogP contribution in [0.2, 0.25) is 0 Å². The first kappa shape index (κ1) is 9.28. The van der Waals surface area contributed by atoms with E-state index in [0.29, 0.717) is 0 Å². The molecule has 0 amide bonds. The standard InChI is InChI=1S/C12H14O2/c13-8-4-3-7-12-11-6-2-1-5-10(11)9-14-12/h1-2,5-6,9,13H,3-4,7-8H2. The number of hydrogen-bond donors (Lipinski definition) is 1. The third-order valence-electron chi connectivity index (χ3n) is 2.40. The van der Waals surface area contributed by atoms with Crippen LogP contribution in [0.25, 0.3) is 10.8 Å². The largest absolute Gasteiger partial charge is 0.468 e. The van der Waals surface area contributed by atoms with Crippen molar-refractivity contribution in [1.82, 2.24) is 0 Å². The van der Waals surface area contributed by atoms with E-state index in [1.54, 1.807) is 6.26 Å². The molecule has 0 saturated heterocycles. The van der Waals surface area contributed by atoms with Crippen molar-refractivity contribution in [2.75, 3.05) is 6.61 Å². The van der Waals surface area contributed by atoms with Crippen molar-refractivity contribution in [1.29, 1.82) is 0 Å². The van der Waals surface area contributed by atoms with Crippen LogP contribution in [0.5, 0.6) is 0 Å². The molecule has 0 spiro atoms. The summed E-state index contributed by atoms with van der Waals surface area (Å²) in [4.78, 5) is 0. The van der Waals surface area contributed by atoms with E-state index in [9.17, 15) is 0 Å². The van der Waals surface area contributed by atoms with E-state index in [0.717, 1.165) is 30.4 Å². The maximum absolute atomic E-state index is 8.68. The predicted octanol–water partition coefficient (Wildman–Crippen LogP) is 2.75. The molecule has 1 heterocycles. The Balaban J connectivity index is 2.17. The molecule has 2 rings (SSSR count). The van der Waals surface area contributed by atoms with Gasteiger partial charge < -0.3 is 9.52 Å². The monoisotopic (exact) mass is 190 g/mol. The molecule has 0 saturated carbocycles. The third kappa shape index (κ3) is 1.80. The van der Waals surface area contributed by atoms with E-state index in [2.05, 4.69) is 6.07 Å². The molecule has 2 nitrogen and oxygen atoms in total. The molecule has 1 aromatic carbocycles. The minimum absolute atomic E-state index is 0.263. The summed E-state index contributed by atoms with van der Waals surface area (Å²) in [6.45, 7) is 0.263. The van der Waals surface area contributed by atoms with Crippen molar-refractivity contribution in [3.63, 3.8) is 0 Å². The van der Waals surface area contributed by atoms with Crippen molar-refractivity contribution in [2.45, 2.75) is 19.3 Å². The number of rotatable bonds is 4. The summed E-state index contributed by atoms with van der Waals surface area (Å²) in [7, 11) is 0. The molecule has 0 fully saturated rings. The molecule has 0 bridgehead atoms. The smallest absolute Gasteiger partial charge is 0.111 e. The van der Waals surface area contributed by atoms with Crippen LogP contribution in [0.4, 0.5) is 0 Å². The summed E-state index contributed by atoms with van der Waals surface area (Å²) in [5.41, 5.74) is 0. The molecule has 0 aliphatic carbocycles. The second-order valence-corrected chi connectivity index (χ2v) is 3.43. The van der Waals surface area contributed by atoms with Crippen LogP contribution in [-0.4, -0.2) is 11.7 Å². The average molecular weight is 190 g/mol. The Bertz CT molecular complexity index is 403. The fourth-order valence-electron chi connectivity index (χ4n) is 1.64. The van der Waals surface area contributed by atoms with E-state index in [-0.39, 0.29) is 6.61 Å². The third-order valence-corrected chi connectivity index (χ3v) is 2.40. The topological polar surface area (TPSA) is 33.4 Å². The number of furan rings is 1. The molecule has 74 valence electrons. The SMILES string of the molecule is OCCCCc1occ2ccccc12. The zero-order valence-electron chi connectivity index (χ0n) is 8.07. The molecule has 0 radical (unpaired) electrons. The maximum atomic E-state index is 8.68. The number of benzene rings is 1. The molecule has 0 unspecified atom stereocenters. The van der Waals surface area contributed by atoms with Crippen LogP contribution in [0.3, 0.4) is 0 Å². The summed E-state index contributed by atoms with van der Waals surface area (Å²) in [5.74, 6) is 1.04. The number of fused-ring (bicyclic) bond motifs is 1. The van der Waals surface area contributed by atoms with E-state index in [4.69, 9.17) is 9.52 Å². The molecule has 1 N–H and O–H groups in total. The zero-order chi connectivity index (χ0) is 9.80. The first-order chi connectivity index (χ1) is 6.92. The molecule has 2 aromatic rings. The zero-order valence-corrected chi connectivity index (χ0v) is 8.07. The van der Waals surface area contributed by atoms with Gasteiger partial charge in [-0.1, -0.05) is 24.3 Å². The van der Waals surface area contributed by atoms with Gasteiger partial charge in [0.05, 0.1) is 6.26 Å². The predicted molar refractivity (Wildman–Crippen MR) is 56.2 cm³/mol. The highest BCUT2D eigenvalue weighted by Crippen LogP contribution is 2.21. The normalized spacial score (nSPS) is 10.9. The summed E-state index contributed by atoms with van der Waals surface area (Å²) in [5, 5.41) is 11.0. The highest BCUT2D eigenvalue weighted by Gasteiger charge is 2.04. The fraction of sp³-hybridized carbons (Fsp3) is 0.333. The molecular formula is C12H14O2. The van der Waals surface area contributed by atoms with Crippen LogP contribution < -0.4 is 0 Å². The van der Waals surface area contributed by atoms with Crippen molar-refractivity contribution >= 4 is 10.8 Å². The number of aliphatic hydroxyl groups excluding tert-OH is 1. The Morgan fingerprint density at radius 2 is 2.00 bits per heavy atom. The summed E-state index contributed by atoms with van der Waals surface area (Å²) in [6, 6.07) is 8.16. The molecule has 1 aromatic heterocycles. The Morgan fingerprint density at radius 3 is 2.86 bits per heavy atom. The van der Waals surface area contributed by atoms with Gasteiger partial charge in [-0.2, -0.15) is 0 Å². The average Bonchev–Trinajstić information content (AvgIpc) is 2.63. The fourth-order valence-corrected chi connectivity index (χ4v) is 1.64. The van der Waals surface area contributed by atoms with Crippen LogP contribution in [0, 0.1) is 0 Å². The lowest BCUT2D eigenvalue weighted by Crippen LogP contribution is -1.86. The second-order valence-electron chi connectivity index (χ2n) is 3.43. The number of hydrogen-bond acceptors (Lipinski definition) is 2. The minimum atomic E-state index is 0.263. The first-order valence-electron chi connectivity index (χ1n) is 4.98. The highest BCUT2D eigenvalue weighted by atomic mass is 16.3. The van der Waals surface area contributed by atoms with Gasteiger partial charge in [0.25, 0.3) is 0 Å². The molecule has 0 atom stereocenters. The van der Waals surface area contributed by atoms with Gasteiger partial charge in [-0.15, -0.1) is 0 Å². The number of aryl methyl sites for hydroxylation is 1. The number of unbranched alkanes of at least 4 members (excludes halogenated alkanes) is 1. The van der Waals surface area contributed by atoms with E-state index in [1.807, 2.05) is 18.2 Å². The van der Waals surface area contributed by atoms with Crippen molar-refractivity contribution in [3.05, 3.63) is 36.3 Å². The van der Waals surface area contributed by atoms with Crippen LogP contribution >= 0.6 is 0 Å². The Morgan fingerprint density at radius 1 is 1.14 bits per heavy atom. The van der Waals surface area contributed by atoms with Crippen molar-refractivity contribution in [2.24, 2.45) is 0 Å². The maximum Gasteiger partial charge on any atom is 0.111 e. The lowest BCUT2D eigenvalue weighted by molar-refractivity contribution is 0.283. The highest BCUT2D eigenvalue weighted by molar-refractivity contribution is 5.83.